The molecule has 1 aromatic heterocycles. The number of nitrogens with one attached hydrogen (secondary N) is 1. The summed E-state index contributed by atoms with van der Waals surface area (Å²) in [4.78, 5) is 15.5. The lowest BCUT2D eigenvalue weighted by Gasteiger charge is -2.39. The molecule has 3 nitrogen and oxygen atoms in total. The Kier molecular flexibility index (Phi) is 3.64. The molecule has 1 fully saturated rings. The molecule has 0 bridgehead atoms. The Bertz CT molecular complexity index is 445. The molecular weight excluding hydrogens is 231 g/mol. The molecule has 0 aromatic carbocycles. The maximum absolute atomic E-state index is 13.4. The van der Waals surface area contributed by atoms with Crippen molar-refractivity contribution in [3.05, 3.63) is 29.8 Å². The summed E-state index contributed by atoms with van der Waals surface area (Å²) in [5.41, 5.74) is 0.103. The molecule has 2 rings (SSSR count). The summed E-state index contributed by atoms with van der Waals surface area (Å²) in [6, 6.07) is 3.15. The summed E-state index contributed by atoms with van der Waals surface area (Å²) in [5.74, 6) is -1.07. The molecule has 1 amide bonds. The fraction of sp³-hybridized carbons (Fsp3) is 0.571. The van der Waals surface area contributed by atoms with Crippen LogP contribution in [-0.4, -0.2) is 16.9 Å². The highest BCUT2D eigenvalue weighted by Crippen LogP contribution is 2.35. The van der Waals surface area contributed by atoms with Gasteiger partial charge in [0, 0.05) is 12.2 Å². The third kappa shape index (κ3) is 2.68. The fourth-order valence-electron chi connectivity index (χ4n) is 2.55. The number of rotatable bonds is 2. The molecule has 0 aliphatic heterocycles. The average molecular weight is 250 g/mol. The summed E-state index contributed by atoms with van der Waals surface area (Å²) >= 11 is 0. The van der Waals surface area contributed by atoms with Gasteiger partial charge in [-0.1, -0.05) is 26.7 Å². The lowest BCUT2D eigenvalue weighted by atomic mass is 9.73. The first-order valence-electron chi connectivity index (χ1n) is 6.42. The summed E-state index contributed by atoms with van der Waals surface area (Å²) in [5, 5.41) is 2.95. The minimum Gasteiger partial charge on any atom is -0.349 e. The predicted octanol–water partition coefficient (Wildman–Crippen LogP) is 2.92. The molecule has 0 saturated heterocycles. The highest BCUT2D eigenvalue weighted by molar-refractivity contribution is 5.94. The maximum atomic E-state index is 13.4. The van der Waals surface area contributed by atoms with Crippen LogP contribution < -0.4 is 5.32 Å². The van der Waals surface area contributed by atoms with Crippen LogP contribution in [0.1, 0.15) is 49.9 Å². The fourth-order valence-corrected chi connectivity index (χ4v) is 2.55. The largest absolute Gasteiger partial charge is 0.349 e. The standard InChI is InChI=1S/C14H19FN2O/c1-14(2)8-4-3-7-11(14)17-13(18)10-6-5-9-16-12(10)15/h5-6,9,11H,3-4,7-8H2,1-2H3,(H,17,18). The predicted molar refractivity (Wildman–Crippen MR) is 67.7 cm³/mol. The van der Waals surface area contributed by atoms with E-state index in [1.165, 1.54) is 18.7 Å². The number of halogens is 1. The molecule has 4 heteroatoms. The normalized spacial score (nSPS) is 22.5. The second-order valence-corrected chi connectivity index (χ2v) is 5.60. The van der Waals surface area contributed by atoms with Gasteiger partial charge in [0.05, 0.1) is 5.56 Å². The zero-order valence-electron chi connectivity index (χ0n) is 10.9. The Morgan fingerprint density at radius 3 is 2.94 bits per heavy atom. The Labute approximate surface area is 107 Å². The number of hydrogen-bond donors (Lipinski definition) is 1. The van der Waals surface area contributed by atoms with E-state index in [0.717, 1.165) is 19.3 Å². The van der Waals surface area contributed by atoms with Gasteiger partial charge in [-0.05, 0) is 30.4 Å². The van der Waals surface area contributed by atoms with Gasteiger partial charge < -0.3 is 5.32 Å². The molecule has 0 radical (unpaired) electrons. The minimum absolute atomic E-state index is 0.0267. The van der Waals surface area contributed by atoms with E-state index in [1.807, 2.05) is 0 Å². The summed E-state index contributed by atoms with van der Waals surface area (Å²) < 4.78 is 13.4. The first-order chi connectivity index (χ1) is 8.50. The van der Waals surface area contributed by atoms with Crippen molar-refractivity contribution in [2.75, 3.05) is 0 Å². The van der Waals surface area contributed by atoms with E-state index in [-0.39, 0.29) is 22.9 Å². The van der Waals surface area contributed by atoms with Crippen molar-refractivity contribution >= 4 is 5.91 Å². The van der Waals surface area contributed by atoms with Gasteiger partial charge in [0.25, 0.3) is 5.91 Å². The van der Waals surface area contributed by atoms with Crippen LogP contribution in [0.5, 0.6) is 0 Å². The first kappa shape index (κ1) is 13.0. The topological polar surface area (TPSA) is 42.0 Å². The molecule has 1 aliphatic carbocycles. The van der Waals surface area contributed by atoms with Crippen LogP contribution in [0.25, 0.3) is 0 Å². The van der Waals surface area contributed by atoms with Crippen molar-refractivity contribution in [1.82, 2.24) is 10.3 Å². The van der Waals surface area contributed by atoms with Gasteiger partial charge >= 0.3 is 0 Å². The molecular formula is C14H19FN2O. The summed E-state index contributed by atoms with van der Waals surface area (Å²) in [7, 11) is 0. The Hall–Kier alpha value is -1.45. The summed E-state index contributed by atoms with van der Waals surface area (Å²) in [6.07, 6.45) is 5.70. The average Bonchev–Trinajstić information content (AvgIpc) is 2.32. The molecule has 0 spiro atoms. The lowest BCUT2D eigenvalue weighted by Crippen LogP contribution is -2.47. The smallest absolute Gasteiger partial charge is 0.256 e. The van der Waals surface area contributed by atoms with E-state index in [9.17, 15) is 9.18 Å². The number of carbonyl (C=O) groups excluding carboxylic acids is 1. The number of nitrogens with zero attached hydrogens (tertiary/aromatic N) is 1. The number of hydrogen-bond acceptors (Lipinski definition) is 2. The molecule has 1 saturated carbocycles. The second-order valence-electron chi connectivity index (χ2n) is 5.60. The van der Waals surface area contributed by atoms with Gasteiger partial charge in [-0.25, -0.2) is 4.98 Å². The van der Waals surface area contributed by atoms with E-state index >= 15 is 0 Å². The van der Waals surface area contributed by atoms with Crippen molar-refractivity contribution in [2.24, 2.45) is 5.41 Å². The van der Waals surface area contributed by atoms with Crippen LogP contribution in [-0.2, 0) is 0 Å². The van der Waals surface area contributed by atoms with Gasteiger partial charge in [-0.3, -0.25) is 4.79 Å². The van der Waals surface area contributed by atoms with E-state index < -0.39 is 5.95 Å². The van der Waals surface area contributed by atoms with Crippen LogP contribution in [0.4, 0.5) is 4.39 Å². The van der Waals surface area contributed by atoms with Crippen molar-refractivity contribution in [1.29, 1.82) is 0 Å². The van der Waals surface area contributed by atoms with Gasteiger partial charge in [-0.2, -0.15) is 4.39 Å². The van der Waals surface area contributed by atoms with Gasteiger partial charge in [0.2, 0.25) is 5.95 Å². The van der Waals surface area contributed by atoms with E-state index in [2.05, 4.69) is 24.1 Å². The van der Waals surface area contributed by atoms with Gasteiger partial charge in [0.1, 0.15) is 0 Å². The maximum Gasteiger partial charge on any atom is 0.256 e. The zero-order valence-corrected chi connectivity index (χ0v) is 10.9. The monoisotopic (exact) mass is 250 g/mol. The molecule has 1 aliphatic rings. The highest BCUT2D eigenvalue weighted by atomic mass is 19.1. The minimum atomic E-state index is -0.705. The van der Waals surface area contributed by atoms with Crippen LogP contribution in [0.2, 0.25) is 0 Å². The highest BCUT2D eigenvalue weighted by Gasteiger charge is 2.33. The second kappa shape index (κ2) is 5.04. The SMILES string of the molecule is CC1(C)CCCCC1NC(=O)c1cccnc1F. The van der Waals surface area contributed by atoms with Crippen LogP contribution in [0, 0.1) is 11.4 Å². The Morgan fingerprint density at radius 2 is 2.28 bits per heavy atom. The van der Waals surface area contributed by atoms with E-state index in [1.54, 1.807) is 6.07 Å². The summed E-state index contributed by atoms with van der Waals surface area (Å²) in [6.45, 7) is 4.30. The molecule has 1 aromatic rings. The third-order valence-electron chi connectivity index (χ3n) is 3.82. The number of amides is 1. The van der Waals surface area contributed by atoms with Crippen molar-refractivity contribution < 1.29 is 9.18 Å². The van der Waals surface area contributed by atoms with Crippen molar-refractivity contribution in [3.8, 4) is 0 Å². The van der Waals surface area contributed by atoms with E-state index in [4.69, 9.17) is 0 Å². The third-order valence-corrected chi connectivity index (χ3v) is 3.82. The molecule has 1 heterocycles. The molecule has 1 atom stereocenters. The lowest BCUT2D eigenvalue weighted by molar-refractivity contribution is 0.0848. The number of aromatic nitrogens is 1. The molecule has 98 valence electrons. The molecule has 1 unspecified atom stereocenters. The van der Waals surface area contributed by atoms with Gasteiger partial charge in [-0.15, -0.1) is 0 Å². The Morgan fingerprint density at radius 1 is 1.50 bits per heavy atom. The number of pyridine rings is 1. The zero-order chi connectivity index (χ0) is 13.2. The number of carbonyl (C=O) groups is 1. The molecule has 18 heavy (non-hydrogen) atoms. The van der Waals surface area contributed by atoms with Gasteiger partial charge in [0.15, 0.2) is 0 Å². The van der Waals surface area contributed by atoms with E-state index in [0.29, 0.717) is 0 Å². The van der Waals surface area contributed by atoms with Crippen molar-refractivity contribution in [2.45, 2.75) is 45.6 Å². The van der Waals surface area contributed by atoms with Crippen molar-refractivity contribution in [3.63, 3.8) is 0 Å². The first-order valence-corrected chi connectivity index (χ1v) is 6.42. The Balaban J connectivity index is 2.10. The quantitative estimate of drug-likeness (QED) is 0.820. The van der Waals surface area contributed by atoms with Crippen LogP contribution in [0.3, 0.4) is 0 Å². The van der Waals surface area contributed by atoms with Crippen LogP contribution in [0.15, 0.2) is 18.3 Å². The van der Waals surface area contributed by atoms with Crippen LogP contribution >= 0.6 is 0 Å². The molecule has 1 N–H and O–H groups in total.